The van der Waals surface area contributed by atoms with E-state index >= 15 is 0 Å². The van der Waals surface area contributed by atoms with Crippen LogP contribution in [0.4, 0.5) is 0 Å². The van der Waals surface area contributed by atoms with Crippen molar-refractivity contribution >= 4 is 15.9 Å². The van der Waals surface area contributed by atoms with Gasteiger partial charge in [-0.3, -0.25) is 4.57 Å². The van der Waals surface area contributed by atoms with Crippen LogP contribution in [0.15, 0.2) is 29.1 Å². The fourth-order valence-electron chi connectivity index (χ4n) is 1.06. The summed E-state index contributed by atoms with van der Waals surface area (Å²) in [4.78, 5) is 4.10. The molecule has 0 aliphatic carbocycles. The molecular formula is C8H7BrN4. The molecular weight excluding hydrogens is 232 g/mol. The predicted molar refractivity (Wildman–Crippen MR) is 51.6 cm³/mol. The fraction of sp³-hybridized carbons (Fsp3) is 0.125. The second-order valence-corrected chi connectivity index (χ2v) is 3.37. The standard InChI is InChI=1S/C8H7BrN4/c1-6-10-4-5-13(6)8-3-2-7(9)11-12-8/h2-5H,1H3. The van der Waals surface area contributed by atoms with Crippen LogP contribution in [0.2, 0.25) is 0 Å². The van der Waals surface area contributed by atoms with Gasteiger partial charge in [0, 0.05) is 12.4 Å². The molecule has 5 heteroatoms. The topological polar surface area (TPSA) is 43.6 Å². The predicted octanol–water partition coefficient (Wildman–Crippen LogP) is 1.73. The molecule has 13 heavy (non-hydrogen) atoms. The number of hydrogen-bond acceptors (Lipinski definition) is 3. The summed E-state index contributed by atoms with van der Waals surface area (Å²) in [5.41, 5.74) is 0. The lowest BCUT2D eigenvalue weighted by Gasteiger charge is -2.01. The zero-order valence-corrected chi connectivity index (χ0v) is 8.56. The smallest absolute Gasteiger partial charge is 0.160 e. The third kappa shape index (κ3) is 1.60. The van der Waals surface area contributed by atoms with Crippen LogP contribution in [-0.4, -0.2) is 19.7 Å². The highest BCUT2D eigenvalue weighted by Crippen LogP contribution is 2.08. The van der Waals surface area contributed by atoms with Gasteiger partial charge in [0.2, 0.25) is 0 Å². The third-order valence-electron chi connectivity index (χ3n) is 1.69. The Morgan fingerprint density at radius 2 is 2.15 bits per heavy atom. The van der Waals surface area contributed by atoms with E-state index in [9.17, 15) is 0 Å². The lowest BCUT2D eigenvalue weighted by atomic mass is 10.5. The average Bonchev–Trinajstić information content (AvgIpc) is 2.53. The lowest BCUT2D eigenvalue weighted by molar-refractivity contribution is 0.871. The van der Waals surface area contributed by atoms with Gasteiger partial charge < -0.3 is 0 Å². The summed E-state index contributed by atoms with van der Waals surface area (Å²) >= 11 is 3.23. The van der Waals surface area contributed by atoms with E-state index in [1.54, 1.807) is 6.20 Å². The van der Waals surface area contributed by atoms with Crippen LogP contribution < -0.4 is 0 Å². The van der Waals surface area contributed by atoms with Crippen molar-refractivity contribution in [3.63, 3.8) is 0 Å². The Labute approximate surface area is 83.8 Å². The molecule has 66 valence electrons. The minimum Gasteiger partial charge on any atom is -0.287 e. The molecule has 0 N–H and O–H groups in total. The molecule has 0 aromatic carbocycles. The number of nitrogens with zero attached hydrogens (tertiary/aromatic N) is 4. The summed E-state index contributed by atoms with van der Waals surface area (Å²) < 4.78 is 2.61. The van der Waals surface area contributed by atoms with Gasteiger partial charge in [0.05, 0.1) is 0 Å². The highest BCUT2D eigenvalue weighted by molar-refractivity contribution is 9.10. The molecule has 2 rings (SSSR count). The van der Waals surface area contributed by atoms with Crippen molar-refractivity contribution in [2.24, 2.45) is 0 Å². The second kappa shape index (κ2) is 3.26. The summed E-state index contributed by atoms with van der Waals surface area (Å²) in [6.07, 6.45) is 3.59. The number of imidazole rings is 1. The van der Waals surface area contributed by atoms with Crippen LogP contribution >= 0.6 is 15.9 Å². The lowest BCUT2D eigenvalue weighted by Crippen LogP contribution is -1.99. The van der Waals surface area contributed by atoms with Gasteiger partial charge in [-0.05, 0) is 35.0 Å². The molecule has 0 saturated carbocycles. The average molecular weight is 239 g/mol. The Bertz CT molecular complexity index is 406. The highest BCUT2D eigenvalue weighted by Gasteiger charge is 2.01. The van der Waals surface area contributed by atoms with Gasteiger partial charge in [-0.15, -0.1) is 10.2 Å². The minimum absolute atomic E-state index is 0.731. The maximum absolute atomic E-state index is 4.10. The van der Waals surface area contributed by atoms with Crippen LogP contribution in [0, 0.1) is 6.92 Å². The van der Waals surface area contributed by atoms with Crippen LogP contribution in [0.1, 0.15) is 5.82 Å². The summed E-state index contributed by atoms with van der Waals surface area (Å²) in [5.74, 6) is 1.68. The molecule has 2 aromatic heterocycles. The zero-order valence-electron chi connectivity index (χ0n) is 6.98. The molecule has 0 saturated heterocycles. The Balaban J connectivity index is 2.47. The van der Waals surface area contributed by atoms with Gasteiger partial charge in [0.1, 0.15) is 10.4 Å². The van der Waals surface area contributed by atoms with Crippen molar-refractivity contribution < 1.29 is 0 Å². The molecule has 2 heterocycles. The Hall–Kier alpha value is -1.23. The highest BCUT2D eigenvalue weighted by atomic mass is 79.9. The monoisotopic (exact) mass is 238 g/mol. The van der Waals surface area contributed by atoms with Gasteiger partial charge in [-0.2, -0.15) is 0 Å². The van der Waals surface area contributed by atoms with Crippen LogP contribution in [-0.2, 0) is 0 Å². The molecule has 0 atom stereocenters. The van der Waals surface area contributed by atoms with E-state index in [1.165, 1.54) is 0 Å². The van der Waals surface area contributed by atoms with E-state index < -0.39 is 0 Å². The van der Waals surface area contributed by atoms with Crippen LogP contribution in [0.3, 0.4) is 0 Å². The van der Waals surface area contributed by atoms with Crippen molar-refractivity contribution in [3.05, 3.63) is 35.0 Å². The molecule has 0 aliphatic rings. The summed E-state index contributed by atoms with van der Waals surface area (Å²) in [5, 5.41) is 7.90. The maximum atomic E-state index is 4.10. The van der Waals surface area contributed by atoms with E-state index in [2.05, 4.69) is 31.1 Å². The van der Waals surface area contributed by atoms with Crippen molar-refractivity contribution in [1.82, 2.24) is 19.7 Å². The number of aryl methyl sites for hydroxylation is 1. The van der Waals surface area contributed by atoms with E-state index in [0.29, 0.717) is 0 Å². The summed E-state index contributed by atoms with van der Waals surface area (Å²) in [6.45, 7) is 1.92. The number of halogens is 1. The molecule has 0 fully saturated rings. The number of rotatable bonds is 1. The summed E-state index contributed by atoms with van der Waals surface area (Å²) in [6, 6.07) is 3.73. The van der Waals surface area contributed by atoms with E-state index in [0.717, 1.165) is 16.2 Å². The number of aromatic nitrogens is 4. The third-order valence-corrected chi connectivity index (χ3v) is 2.11. The molecule has 0 bridgehead atoms. The first kappa shape index (κ1) is 8.37. The molecule has 4 nitrogen and oxygen atoms in total. The van der Waals surface area contributed by atoms with Crippen molar-refractivity contribution in [1.29, 1.82) is 0 Å². The largest absolute Gasteiger partial charge is 0.287 e. The molecule has 0 radical (unpaired) electrons. The van der Waals surface area contributed by atoms with Gasteiger partial charge in [-0.1, -0.05) is 0 Å². The second-order valence-electron chi connectivity index (χ2n) is 2.56. The van der Waals surface area contributed by atoms with Gasteiger partial charge in [0.25, 0.3) is 0 Å². The van der Waals surface area contributed by atoms with Gasteiger partial charge >= 0.3 is 0 Å². The first-order valence-corrected chi connectivity index (χ1v) is 4.56. The first-order valence-electron chi connectivity index (χ1n) is 3.77. The zero-order chi connectivity index (χ0) is 9.26. The minimum atomic E-state index is 0.731. The molecule has 0 unspecified atom stereocenters. The Morgan fingerprint density at radius 3 is 2.69 bits per heavy atom. The SMILES string of the molecule is Cc1nccn1-c1ccc(Br)nn1. The van der Waals surface area contributed by atoms with Gasteiger partial charge in [0.15, 0.2) is 5.82 Å². The van der Waals surface area contributed by atoms with E-state index in [-0.39, 0.29) is 0 Å². The molecule has 0 amide bonds. The van der Waals surface area contributed by atoms with E-state index in [1.807, 2.05) is 29.8 Å². The fourth-order valence-corrected chi connectivity index (χ4v) is 1.27. The van der Waals surface area contributed by atoms with Crippen molar-refractivity contribution in [3.8, 4) is 5.82 Å². The Kier molecular flexibility index (Phi) is 2.10. The van der Waals surface area contributed by atoms with Crippen molar-refractivity contribution in [2.75, 3.05) is 0 Å². The van der Waals surface area contributed by atoms with Crippen molar-refractivity contribution in [2.45, 2.75) is 6.92 Å². The maximum Gasteiger partial charge on any atom is 0.160 e. The quantitative estimate of drug-likeness (QED) is 0.761. The van der Waals surface area contributed by atoms with Crippen LogP contribution in [0.5, 0.6) is 0 Å². The molecule has 0 spiro atoms. The first-order chi connectivity index (χ1) is 6.27. The molecule has 2 aromatic rings. The van der Waals surface area contributed by atoms with Gasteiger partial charge in [-0.25, -0.2) is 4.98 Å². The normalized spacial score (nSPS) is 10.3. The van der Waals surface area contributed by atoms with Crippen LogP contribution in [0.25, 0.3) is 5.82 Å². The Morgan fingerprint density at radius 1 is 1.31 bits per heavy atom. The summed E-state index contributed by atoms with van der Waals surface area (Å²) in [7, 11) is 0. The van der Waals surface area contributed by atoms with E-state index in [4.69, 9.17) is 0 Å². The number of hydrogen-bond donors (Lipinski definition) is 0. The molecule has 0 aliphatic heterocycles.